The lowest BCUT2D eigenvalue weighted by atomic mass is 10.0. The van der Waals surface area contributed by atoms with E-state index in [4.69, 9.17) is 39.8 Å². The highest BCUT2D eigenvalue weighted by Crippen LogP contribution is 2.34. The Morgan fingerprint density at radius 1 is 1.00 bits per heavy atom. The Balaban J connectivity index is 1.29. The summed E-state index contributed by atoms with van der Waals surface area (Å²) in [6, 6.07) is 20.3. The van der Waals surface area contributed by atoms with Gasteiger partial charge in [0.2, 0.25) is 0 Å². The number of nitrogens with one attached hydrogen (secondary N) is 2. The number of furan rings is 1. The van der Waals surface area contributed by atoms with Gasteiger partial charge < -0.3 is 9.73 Å². The Morgan fingerprint density at radius 3 is 2.42 bits per heavy atom. The Labute approximate surface area is 234 Å². The minimum absolute atomic E-state index is 0.0822. The molecule has 0 spiro atoms. The molecular weight excluding hydrogens is 541 g/mol. The molecule has 3 aromatic carbocycles. The zero-order valence-electron chi connectivity index (χ0n) is 20.8. The van der Waals surface area contributed by atoms with Crippen LogP contribution in [0.2, 0.25) is 10.0 Å². The van der Waals surface area contributed by atoms with E-state index < -0.39 is 5.91 Å². The van der Waals surface area contributed by atoms with Crippen LogP contribution in [0.3, 0.4) is 0 Å². The number of aryl methyl sites for hydroxylation is 1. The topological polar surface area (TPSA) is 85.0 Å². The maximum Gasteiger partial charge on any atom is 0.293 e. The Hall–Kier alpha value is -3.72. The second-order valence-electron chi connectivity index (χ2n) is 9.07. The van der Waals surface area contributed by atoms with Crippen molar-refractivity contribution in [3.63, 3.8) is 0 Å². The summed E-state index contributed by atoms with van der Waals surface area (Å²) < 4.78 is 5.70. The maximum absolute atomic E-state index is 12.7. The van der Waals surface area contributed by atoms with Crippen molar-refractivity contribution in [2.24, 2.45) is 0 Å². The lowest BCUT2D eigenvalue weighted by Gasteiger charge is -2.11. The predicted octanol–water partition coefficient (Wildman–Crippen LogP) is 7.55. The van der Waals surface area contributed by atoms with Crippen LogP contribution >= 0.6 is 35.4 Å². The molecule has 0 saturated heterocycles. The van der Waals surface area contributed by atoms with E-state index >= 15 is 0 Å². The fourth-order valence-corrected chi connectivity index (χ4v) is 4.52. The molecule has 10 heteroatoms. The number of halogens is 2. The van der Waals surface area contributed by atoms with Gasteiger partial charge in [0, 0.05) is 11.3 Å². The van der Waals surface area contributed by atoms with Gasteiger partial charge in [0.25, 0.3) is 5.91 Å². The Bertz CT molecular complexity index is 1670. The van der Waals surface area contributed by atoms with Crippen molar-refractivity contribution in [3.8, 4) is 17.0 Å². The van der Waals surface area contributed by atoms with Crippen molar-refractivity contribution in [3.05, 3.63) is 93.7 Å². The molecule has 0 aliphatic carbocycles. The minimum Gasteiger partial charge on any atom is -0.451 e. The van der Waals surface area contributed by atoms with Gasteiger partial charge in [0.05, 0.1) is 15.7 Å². The molecule has 0 aliphatic rings. The molecule has 1 amide bonds. The number of carbonyl (C=O) groups is 1. The van der Waals surface area contributed by atoms with Crippen LogP contribution in [-0.2, 0) is 0 Å². The molecule has 0 bridgehead atoms. The lowest BCUT2D eigenvalue weighted by molar-refractivity contribution is 0.0951. The van der Waals surface area contributed by atoms with Crippen molar-refractivity contribution in [2.75, 3.05) is 5.32 Å². The summed E-state index contributed by atoms with van der Waals surface area (Å²) in [5.74, 6) is 0.454. The van der Waals surface area contributed by atoms with Crippen molar-refractivity contribution in [1.29, 1.82) is 0 Å². The van der Waals surface area contributed by atoms with Crippen LogP contribution < -0.4 is 10.6 Å². The average molecular weight is 564 g/mol. The van der Waals surface area contributed by atoms with E-state index in [0.717, 1.165) is 16.8 Å². The van der Waals surface area contributed by atoms with Crippen LogP contribution in [0.15, 0.2) is 71.1 Å². The summed E-state index contributed by atoms with van der Waals surface area (Å²) in [6.45, 7) is 6.24. The van der Waals surface area contributed by atoms with Crippen LogP contribution in [-0.4, -0.2) is 26.0 Å². The number of benzene rings is 3. The van der Waals surface area contributed by atoms with Gasteiger partial charge in [0.15, 0.2) is 10.9 Å². The standard InChI is InChI=1S/C28H23Cl2N5O2S/c1-15(2)17-7-9-18(10-8-17)35-33-22-13-16(3)21(14-23(22)34-35)31-28(38)32-27(36)25-12-11-24(37-25)19-5-4-6-20(29)26(19)30/h4-15H,1-3H3,(H2,31,32,36,38). The molecule has 7 nitrogen and oxygen atoms in total. The molecule has 5 rings (SSSR count). The van der Waals surface area contributed by atoms with Crippen molar-refractivity contribution < 1.29 is 9.21 Å². The average Bonchev–Trinajstić information content (AvgIpc) is 3.53. The van der Waals surface area contributed by atoms with Gasteiger partial charge in [-0.25, -0.2) is 0 Å². The van der Waals surface area contributed by atoms with E-state index in [1.54, 1.807) is 35.1 Å². The molecule has 38 heavy (non-hydrogen) atoms. The number of carbonyl (C=O) groups excluding carboxylic acids is 1. The second kappa shape index (κ2) is 10.6. The number of hydrogen-bond acceptors (Lipinski definition) is 5. The van der Waals surface area contributed by atoms with Gasteiger partial charge in [-0.3, -0.25) is 10.1 Å². The number of fused-ring (bicyclic) bond motifs is 1. The van der Waals surface area contributed by atoms with Crippen LogP contribution in [0.4, 0.5) is 5.69 Å². The normalized spacial score (nSPS) is 11.2. The number of hydrogen-bond donors (Lipinski definition) is 2. The predicted molar refractivity (Wildman–Crippen MR) is 156 cm³/mol. The van der Waals surface area contributed by atoms with E-state index in [1.165, 1.54) is 5.56 Å². The number of amides is 1. The van der Waals surface area contributed by atoms with Crippen LogP contribution in [0.25, 0.3) is 28.0 Å². The summed E-state index contributed by atoms with van der Waals surface area (Å²) in [6.07, 6.45) is 0. The number of thiocarbonyl (C=S) groups is 1. The van der Waals surface area contributed by atoms with Crippen molar-refractivity contribution >= 4 is 63.2 Å². The fraction of sp³-hybridized carbons (Fsp3) is 0.143. The molecule has 5 aromatic rings. The zero-order chi connectivity index (χ0) is 27.0. The molecule has 0 saturated carbocycles. The molecule has 0 atom stereocenters. The smallest absolute Gasteiger partial charge is 0.293 e. The molecular formula is C28H23Cl2N5O2S. The molecule has 0 aliphatic heterocycles. The molecule has 0 fully saturated rings. The Morgan fingerprint density at radius 2 is 1.71 bits per heavy atom. The highest BCUT2D eigenvalue weighted by atomic mass is 35.5. The summed E-state index contributed by atoms with van der Waals surface area (Å²) in [4.78, 5) is 14.4. The number of aromatic nitrogens is 3. The van der Waals surface area contributed by atoms with E-state index in [0.29, 0.717) is 38.5 Å². The van der Waals surface area contributed by atoms with Crippen molar-refractivity contribution in [1.82, 2.24) is 20.3 Å². The third kappa shape index (κ3) is 5.29. The first-order valence-electron chi connectivity index (χ1n) is 11.8. The fourth-order valence-electron chi connectivity index (χ4n) is 3.93. The van der Waals surface area contributed by atoms with Gasteiger partial charge in [-0.15, -0.1) is 10.2 Å². The highest BCUT2D eigenvalue weighted by molar-refractivity contribution is 7.80. The first-order chi connectivity index (χ1) is 18.2. The lowest BCUT2D eigenvalue weighted by Crippen LogP contribution is -2.34. The molecule has 0 unspecified atom stereocenters. The first-order valence-corrected chi connectivity index (χ1v) is 13.0. The number of rotatable bonds is 5. The molecule has 0 radical (unpaired) electrons. The number of nitrogens with zero attached hydrogens (tertiary/aromatic N) is 3. The van der Waals surface area contributed by atoms with E-state index in [-0.39, 0.29) is 10.9 Å². The van der Waals surface area contributed by atoms with Crippen LogP contribution in [0, 0.1) is 6.92 Å². The SMILES string of the molecule is Cc1cc2nn(-c3ccc(C(C)C)cc3)nc2cc1NC(=S)NC(=O)c1ccc(-c2cccc(Cl)c2Cl)o1. The molecule has 2 heterocycles. The Kier molecular flexibility index (Phi) is 7.21. The summed E-state index contributed by atoms with van der Waals surface area (Å²) >= 11 is 17.7. The monoisotopic (exact) mass is 563 g/mol. The minimum atomic E-state index is -0.499. The zero-order valence-corrected chi connectivity index (χ0v) is 23.1. The van der Waals surface area contributed by atoms with E-state index in [1.807, 2.05) is 31.2 Å². The van der Waals surface area contributed by atoms with Gasteiger partial charge in [0.1, 0.15) is 16.8 Å². The second-order valence-corrected chi connectivity index (χ2v) is 10.3. The van der Waals surface area contributed by atoms with E-state index in [2.05, 4.69) is 46.8 Å². The van der Waals surface area contributed by atoms with Gasteiger partial charge in [-0.05, 0) is 84.7 Å². The molecule has 2 aromatic heterocycles. The molecule has 2 N–H and O–H groups in total. The quantitative estimate of drug-likeness (QED) is 0.215. The van der Waals surface area contributed by atoms with Crippen LogP contribution in [0.1, 0.15) is 41.4 Å². The third-order valence-corrected chi connectivity index (χ3v) is 7.06. The maximum atomic E-state index is 12.7. The summed E-state index contributed by atoms with van der Waals surface area (Å²) in [5.41, 5.74) is 5.75. The van der Waals surface area contributed by atoms with E-state index in [9.17, 15) is 4.79 Å². The third-order valence-electron chi connectivity index (χ3n) is 6.04. The summed E-state index contributed by atoms with van der Waals surface area (Å²) in [5, 5.41) is 15.8. The summed E-state index contributed by atoms with van der Waals surface area (Å²) in [7, 11) is 0. The van der Waals surface area contributed by atoms with Gasteiger partial charge >= 0.3 is 0 Å². The van der Waals surface area contributed by atoms with Crippen molar-refractivity contribution in [2.45, 2.75) is 26.7 Å². The largest absolute Gasteiger partial charge is 0.451 e. The highest BCUT2D eigenvalue weighted by Gasteiger charge is 2.17. The molecule has 192 valence electrons. The first kappa shape index (κ1) is 25.9. The number of anilines is 1. The van der Waals surface area contributed by atoms with Crippen LogP contribution in [0.5, 0.6) is 0 Å². The van der Waals surface area contributed by atoms with Gasteiger partial charge in [-0.1, -0.05) is 55.2 Å². The van der Waals surface area contributed by atoms with Gasteiger partial charge in [-0.2, -0.15) is 4.80 Å².